The van der Waals surface area contributed by atoms with E-state index in [-0.39, 0.29) is 11.8 Å². The van der Waals surface area contributed by atoms with Gasteiger partial charge in [-0.05, 0) is 47.4 Å². The number of aromatic nitrogens is 3. The average molecular weight is 482 g/mol. The summed E-state index contributed by atoms with van der Waals surface area (Å²) in [7, 11) is 0. The summed E-state index contributed by atoms with van der Waals surface area (Å²) in [4.78, 5) is 6.23. The number of anilines is 1. The van der Waals surface area contributed by atoms with Gasteiger partial charge < -0.3 is 5.32 Å². The van der Waals surface area contributed by atoms with Crippen LogP contribution in [0.2, 0.25) is 10.0 Å². The molecule has 1 aliphatic heterocycles. The zero-order valence-electron chi connectivity index (χ0n) is 16.9. The Morgan fingerprint density at radius 3 is 2.50 bits per heavy atom. The van der Waals surface area contributed by atoms with Crippen molar-refractivity contribution in [1.29, 1.82) is 0 Å². The van der Waals surface area contributed by atoms with Gasteiger partial charge in [-0.2, -0.15) is 23.4 Å². The molecular formula is C22H20Cl2F3N5. The fraction of sp³-hybridized carbons (Fsp3) is 0.318. The summed E-state index contributed by atoms with van der Waals surface area (Å²) in [6.07, 6.45) is -0.155. The molecule has 32 heavy (non-hydrogen) atoms. The first-order valence-electron chi connectivity index (χ1n) is 9.99. The van der Waals surface area contributed by atoms with Crippen molar-refractivity contribution >= 4 is 29.0 Å². The predicted molar refractivity (Wildman–Crippen MR) is 118 cm³/mol. The van der Waals surface area contributed by atoms with E-state index >= 15 is 0 Å². The molecule has 2 unspecified atom stereocenters. The molecule has 0 amide bonds. The molecule has 10 heteroatoms. The summed E-state index contributed by atoms with van der Waals surface area (Å²) >= 11 is 12.3. The highest BCUT2D eigenvalue weighted by atomic mass is 35.5. The van der Waals surface area contributed by atoms with Crippen LogP contribution in [0.5, 0.6) is 0 Å². The molecule has 0 aliphatic carbocycles. The summed E-state index contributed by atoms with van der Waals surface area (Å²) in [6, 6.07) is 9.96. The van der Waals surface area contributed by atoms with Gasteiger partial charge in [0.15, 0.2) is 0 Å². The number of rotatable bonds is 6. The molecule has 3 heterocycles. The van der Waals surface area contributed by atoms with E-state index in [1.807, 2.05) is 18.2 Å². The standard InChI is InChI=1S/C22H20Cl2F3N5/c23-19-3-1-15(7-20(19)24)18-13-32(11-14-5-6-30-31-8-14)12-16(18)9-28-21-4-2-17(10-29-21)22(25,26)27/h1-8,10,16,18H,9,11-13H2,(H,28,29). The first kappa shape index (κ1) is 22.8. The van der Waals surface area contributed by atoms with Crippen LogP contribution in [0.1, 0.15) is 22.6 Å². The number of hydrogen-bond donors (Lipinski definition) is 1. The maximum absolute atomic E-state index is 12.8. The third-order valence-electron chi connectivity index (χ3n) is 5.58. The molecule has 0 bridgehead atoms. The third kappa shape index (κ3) is 5.49. The van der Waals surface area contributed by atoms with Crippen molar-refractivity contribution in [2.45, 2.75) is 18.6 Å². The Kier molecular flexibility index (Phi) is 6.83. The van der Waals surface area contributed by atoms with Gasteiger partial charge in [-0.15, -0.1) is 0 Å². The Bertz CT molecular complexity index is 1050. The summed E-state index contributed by atoms with van der Waals surface area (Å²) in [5, 5.41) is 11.9. The Morgan fingerprint density at radius 1 is 1.00 bits per heavy atom. The lowest BCUT2D eigenvalue weighted by Crippen LogP contribution is -2.23. The van der Waals surface area contributed by atoms with Gasteiger partial charge in [0.25, 0.3) is 0 Å². The molecule has 5 nitrogen and oxygen atoms in total. The van der Waals surface area contributed by atoms with E-state index in [0.717, 1.165) is 43.0 Å². The number of likely N-dealkylation sites (tertiary alicyclic amines) is 1. The quantitative estimate of drug-likeness (QED) is 0.501. The van der Waals surface area contributed by atoms with Crippen molar-refractivity contribution in [1.82, 2.24) is 20.1 Å². The maximum Gasteiger partial charge on any atom is 0.417 e. The highest BCUT2D eigenvalue weighted by molar-refractivity contribution is 6.42. The number of alkyl halides is 3. The Hall–Kier alpha value is -2.42. The second kappa shape index (κ2) is 9.60. The van der Waals surface area contributed by atoms with Crippen molar-refractivity contribution < 1.29 is 13.2 Å². The number of nitrogens with zero attached hydrogens (tertiary/aromatic N) is 4. The van der Waals surface area contributed by atoms with Crippen LogP contribution in [-0.4, -0.2) is 39.7 Å². The molecule has 0 saturated carbocycles. The summed E-state index contributed by atoms with van der Waals surface area (Å²) in [6.45, 7) is 2.87. The van der Waals surface area contributed by atoms with Crippen LogP contribution >= 0.6 is 23.2 Å². The maximum atomic E-state index is 12.8. The van der Waals surface area contributed by atoms with E-state index < -0.39 is 11.7 Å². The van der Waals surface area contributed by atoms with Crippen LogP contribution in [0, 0.1) is 5.92 Å². The lowest BCUT2D eigenvalue weighted by Gasteiger charge is -2.20. The monoisotopic (exact) mass is 481 g/mol. The van der Waals surface area contributed by atoms with E-state index in [1.165, 1.54) is 6.07 Å². The molecule has 2 atom stereocenters. The molecule has 1 fully saturated rings. The Balaban J connectivity index is 1.49. The second-order valence-corrected chi connectivity index (χ2v) is 8.61. The van der Waals surface area contributed by atoms with E-state index in [2.05, 4.69) is 25.4 Å². The summed E-state index contributed by atoms with van der Waals surface area (Å²) in [5.41, 5.74) is 1.36. The van der Waals surface area contributed by atoms with Crippen molar-refractivity contribution in [3.8, 4) is 0 Å². The smallest absolute Gasteiger partial charge is 0.370 e. The number of benzene rings is 1. The normalized spacial score (nSPS) is 19.3. The molecule has 1 saturated heterocycles. The number of hydrogen-bond acceptors (Lipinski definition) is 5. The topological polar surface area (TPSA) is 53.9 Å². The van der Waals surface area contributed by atoms with Crippen LogP contribution in [0.3, 0.4) is 0 Å². The molecule has 1 aliphatic rings. The molecular weight excluding hydrogens is 462 g/mol. The lowest BCUT2D eigenvalue weighted by atomic mass is 9.89. The molecule has 1 aromatic carbocycles. The number of pyridine rings is 1. The van der Waals surface area contributed by atoms with Crippen LogP contribution in [0.25, 0.3) is 0 Å². The second-order valence-electron chi connectivity index (χ2n) is 7.80. The molecule has 168 valence electrons. The van der Waals surface area contributed by atoms with Crippen molar-refractivity contribution in [3.05, 3.63) is 81.7 Å². The first-order valence-corrected chi connectivity index (χ1v) is 10.7. The fourth-order valence-electron chi connectivity index (χ4n) is 3.99. The van der Waals surface area contributed by atoms with Gasteiger partial charge in [-0.25, -0.2) is 4.98 Å². The van der Waals surface area contributed by atoms with Gasteiger partial charge in [0.2, 0.25) is 0 Å². The Morgan fingerprint density at radius 2 is 1.84 bits per heavy atom. The lowest BCUT2D eigenvalue weighted by molar-refractivity contribution is -0.137. The minimum absolute atomic E-state index is 0.168. The minimum atomic E-state index is -4.40. The zero-order chi connectivity index (χ0) is 22.7. The van der Waals surface area contributed by atoms with Gasteiger partial charge in [0.05, 0.1) is 21.8 Å². The van der Waals surface area contributed by atoms with Gasteiger partial charge in [-0.1, -0.05) is 29.3 Å². The molecule has 0 radical (unpaired) electrons. The van der Waals surface area contributed by atoms with Crippen LogP contribution in [-0.2, 0) is 12.7 Å². The van der Waals surface area contributed by atoms with Gasteiger partial charge in [0.1, 0.15) is 5.82 Å². The highest BCUT2D eigenvalue weighted by Gasteiger charge is 2.34. The molecule has 2 aromatic heterocycles. The van der Waals surface area contributed by atoms with Gasteiger partial charge >= 0.3 is 6.18 Å². The van der Waals surface area contributed by atoms with Crippen LogP contribution in [0.15, 0.2) is 55.0 Å². The van der Waals surface area contributed by atoms with Crippen LogP contribution < -0.4 is 5.32 Å². The predicted octanol–water partition coefficient (Wildman–Crippen LogP) is 5.52. The molecule has 0 spiro atoms. The first-order chi connectivity index (χ1) is 15.3. The van der Waals surface area contributed by atoms with Gasteiger partial charge in [-0.3, -0.25) is 4.90 Å². The van der Waals surface area contributed by atoms with Gasteiger partial charge in [0, 0.05) is 44.5 Å². The van der Waals surface area contributed by atoms with E-state index in [9.17, 15) is 13.2 Å². The Labute approximate surface area is 193 Å². The van der Waals surface area contributed by atoms with Crippen LogP contribution in [0.4, 0.5) is 19.0 Å². The summed E-state index contributed by atoms with van der Waals surface area (Å²) < 4.78 is 38.3. The van der Waals surface area contributed by atoms with E-state index in [0.29, 0.717) is 22.4 Å². The number of halogens is 5. The zero-order valence-corrected chi connectivity index (χ0v) is 18.4. The number of nitrogens with one attached hydrogen (secondary N) is 1. The highest BCUT2D eigenvalue weighted by Crippen LogP contribution is 2.36. The average Bonchev–Trinajstić information content (AvgIpc) is 3.17. The third-order valence-corrected chi connectivity index (χ3v) is 6.32. The molecule has 3 aromatic rings. The fourth-order valence-corrected chi connectivity index (χ4v) is 4.30. The SMILES string of the molecule is FC(F)(F)c1ccc(NCC2CN(Cc3ccnnc3)CC2c2ccc(Cl)c(Cl)c2)nc1. The van der Waals surface area contributed by atoms with E-state index in [1.54, 1.807) is 18.5 Å². The van der Waals surface area contributed by atoms with Crippen molar-refractivity contribution in [3.63, 3.8) is 0 Å². The van der Waals surface area contributed by atoms with E-state index in [4.69, 9.17) is 23.2 Å². The van der Waals surface area contributed by atoms with Crippen molar-refractivity contribution in [2.24, 2.45) is 5.92 Å². The molecule has 4 rings (SSSR count). The van der Waals surface area contributed by atoms with Crippen molar-refractivity contribution in [2.75, 3.05) is 25.0 Å². The summed E-state index contributed by atoms with van der Waals surface area (Å²) in [5.74, 6) is 0.760. The largest absolute Gasteiger partial charge is 0.417 e. The molecule has 1 N–H and O–H groups in total. The minimum Gasteiger partial charge on any atom is -0.370 e.